The number of ether oxygens (including phenoxy) is 2. The predicted molar refractivity (Wildman–Crippen MR) is 79.2 cm³/mol. The van der Waals surface area contributed by atoms with Crippen LogP contribution in [0.1, 0.15) is 24.2 Å². The van der Waals surface area contributed by atoms with Gasteiger partial charge < -0.3 is 19.9 Å². The largest absolute Gasteiger partial charge is 0.493 e. The fourth-order valence-electron chi connectivity index (χ4n) is 2.70. The number of hydrogen-bond donors (Lipinski definition) is 2. The zero-order valence-electron chi connectivity index (χ0n) is 12.4. The first-order valence-electron chi connectivity index (χ1n) is 6.94. The van der Waals surface area contributed by atoms with Crippen molar-refractivity contribution in [1.29, 1.82) is 0 Å². The van der Waals surface area contributed by atoms with E-state index in [2.05, 4.69) is 10.1 Å². The smallest absolute Gasteiger partial charge is 0.176 e. The second-order valence-corrected chi connectivity index (χ2v) is 5.01. The maximum Gasteiger partial charge on any atom is 0.176 e. The van der Waals surface area contributed by atoms with Crippen LogP contribution in [0, 0.1) is 0 Å². The van der Waals surface area contributed by atoms with Crippen LogP contribution in [-0.4, -0.2) is 40.1 Å². The van der Waals surface area contributed by atoms with E-state index in [1.54, 1.807) is 32.4 Å². The highest BCUT2D eigenvalue weighted by Gasteiger charge is 2.26. The van der Waals surface area contributed by atoms with Gasteiger partial charge in [-0.15, -0.1) is 0 Å². The molecule has 7 heteroatoms. The molecule has 1 aliphatic rings. The van der Waals surface area contributed by atoms with Crippen molar-refractivity contribution in [2.75, 3.05) is 14.2 Å². The zero-order chi connectivity index (χ0) is 15.7. The van der Waals surface area contributed by atoms with Gasteiger partial charge in [0.2, 0.25) is 0 Å². The fourth-order valence-corrected chi connectivity index (χ4v) is 2.70. The van der Waals surface area contributed by atoms with E-state index in [0.717, 1.165) is 11.2 Å². The van der Waals surface area contributed by atoms with Crippen LogP contribution in [0.25, 0.3) is 11.4 Å². The molecule has 116 valence electrons. The Morgan fingerprint density at radius 3 is 2.64 bits per heavy atom. The monoisotopic (exact) mass is 303 g/mol. The molecule has 0 fully saturated rings. The third kappa shape index (κ3) is 2.14. The molecule has 2 N–H and O–H groups in total. The van der Waals surface area contributed by atoms with Crippen molar-refractivity contribution >= 4 is 5.71 Å². The molecule has 0 atom stereocenters. The van der Waals surface area contributed by atoms with E-state index in [1.807, 2.05) is 0 Å². The SMILES string of the molecule is COc1ccc(-c2nc3c(n2O)CCC/C3=N/O)cc1OC. The first-order chi connectivity index (χ1) is 10.7. The van der Waals surface area contributed by atoms with E-state index in [4.69, 9.17) is 14.7 Å². The average Bonchev–Trinajstić information content (AvgIpc) is 2.91. The Kier molecular flexibility index (Phi) is 3.62. The minimum atomic E-state index is 0.383. The number of aromatic nitrogens is 2. The highest BCUT2D eigenvalue weighted by atomic mass is 16.5. The molecule has 0 spiro atoms. The van der Waals surface area contributed by atoms with E-state index in [1.165, 1.54) is 0 Å². The molecule has 0 radical (unpaired) electrons. The van der Waals surface area contributed by atoms with Gasteiger partial charge >= 0.3 is 0 Å². The third-order valence-electron chi connectivity index (χ3n) is 3.81. The van der Waals surface area contributed by atoms with Gasteiger partial charge in [-0.1, -0.05) is 5.16 Å². The standard InChI is InChI=1S/C15H17N3O4/c1-21-12-7-6-9(8-13(12)22-2)15-16-14-10(17-19)4-3-5-11(14)18(15)20/h6-8,19-20H,3-5H2,1-2H3/b17-10-. The molecule has 3 rings (SSSR count). The third-order valence-corrected chi connectivity index (χ3v) is 3.81. The first kappa shape index (κ1) is 14.2. The summed E-state index contributed by atoms with van der Waals surface area (Å²) < 4.78 is 11.5. The minimum Gasteiger partial charge on any atom is -0.493 e. The number of methoxy groups -OCH3 is 2. The summed E-state index contributed by atoms with van der Waals surface area (Å²) in [6.07, 6.45) is 2.14. The fraction of sp³-hybridized carbons (Fsp3) is 0.333. The molecule has 0 amide bonds. The van der Waals surface area contributed by atoms with E-state index in [-0.39, 0.29) is 0 Å². The molecule has 1 heterocycles. The van der Waals surface area contributed by atoms with Crippen LogP contribution in [0.4, 0.5) is 0 Å². The van der Waals surface area contributed by atoms with E-state index >= 15 is 0 Å². The van der Waals surface area contributed by atoms with Crippen LogP contribution in [-0.2, 0) is 6.42 Å². The molecule has 1 aromatic carbocycles. The molecular formula is C15H17N3O4. The number of benzene rings is 1. The van der Waals surface area contributed by atoms with Gasteiger partial charge in [0.05, 0.1) is 19.9 Å². The van der Waals surface area contributed by atoms with Crippen molar-refractivity contribution in [3.63, 3.8) is 0 Å². The molecule has 0 bridgehead atoms. The van der Waals surface area contributed by atoms with Crippen molar-refractivity contribution in [3.8, 4) is 22.9 Å². The summed E-state index contributed by atoms with van der Waals surface area (Å²) in [5.74, 6) is 1.54. The van der Waals surface area contributed by atoms with Gasteiger partial charge in [-0.3, -0.25) is 0 Å². The van der Waals surface area contributed by atoms with Gasteiger partial charge in [-0.25, -0.2) is 4.98 Å². The van der Waals surface area contributed by atoms with Gasteiger partial charge in [-0.05, 0) is 37.5 Å². The van der Waals surface area contributed by atoms with Crippen LogP contribution in [0.5, 0.6) is 11.5 Å². The molecule has 7 nitrogen and oxygen atoms in total. The second kappa shape index (κ2) is 5.59. The molecular weight excluding hydrogens is 286 g/mol. The highest BCUT2D eigenvalue weighted by molar-refractivity contribution is 6.01. The Labute approximate surface area is 127 Å². The summed E-state index contributed by atoms with van der Waals surface area (Å²) in [6.45, 7) is 0. The van der Waals surface area contributed by atoms with Crippen molar-refractivity contribution in [2.24, 2.45) is 5.16 Å². The Morgan fingerprint density at radius 1 is 1.18 bits per heavy atom. The number of fused-ring (bicyclic) bond motifs is 1. The molecule has 1 aromatic heterocycles. The Hall–Kier alpha value is -2.70. The molecule has 0 saturated heterocycles. The normalized spacial score (nSPS) is 15.6. The highest BCUT2D eigenvalue weighted by Crippen LogP contribution is 2.33. The molecule has 2 aromatic rings. The minimum absolute atomic E-state index is 0.383. The van der Waals surface area contributed by atoms with E-state index in [9.17, 15) is 5.21 Å². The summed E-state index contributed by atoms with van der Waals surface area (Å²) in [5, 5.41) is 22.7. The van der Waals surface area contributed by atoms with Crippen LogP contribution in [0.3, 0.4) is 0 Å². The number of imidazole rings is 1. The summed E-state index contributed by atoms with van der Waals surface area (Å²) >= 11 is 0. The number of hydrogen-bond acceptors (Lipinski definition) is 6. The molecule has 1 aliphatic carbocycles. The topological polar surface area (TPSA) is 89.1 Å². The van der Waals surface area contributed by atoms with Crippen molar-refractivity contribution in [1.82, 2.24) is 9.71 Å². The van der Waals surface area contributed by atoms with Crippen LogP contribution < -0.4 is 9.47 Å². The maximum absolute atomic E-state index is 10.4. The van der Waals surface area contributed by atoms with Crippen LogP contribution in [0.2, 0.25) is 0 Å². The van der Waals surface area contributed by atoms with Crippen molar-refractivity contribution < 1.29 is 19.9 Å². The lowest BCUT2D eigenvalue weighted by Gasteiger charge is -2.11. The maximum atomic E-state index is 10.4. The summed E-state index contributed by atoms with van der Waals surface area (Å²) in [4.78, 5) is 4.43. The van der Waals surface area contributed by atoms with Gasteiger partial charge in [-0.2, -0.15) is 4.73 Å². The molecule has 0 aliphatic heterocycles. The lowest BCUT2D eigenvalue weighted by Crippen LogP contribution is -2.13. The van der Waals surface area contributed by atoms with Gasteiger partial charge in [0.25, 0.3) is 0 Å². The van der Waals surface area contributed by atoms with Gasteiger partial charge in [0.15, 0.2) is 17.3 Å². The number of oxime groups is 1. The molecule has 0 saturated carbocycles. The zero-order valence-corrected chi connectivity index (χ0v) is 12.4. The Morgan fingerprint density at radius 2 is 1.95 bits per heavy atom. The van der Waals surface area contributed by atoms with Gasteiger partial charge in [0, 0.05) is 5.56 Å². The van der Waals surface area contributed by atoms with Crippen LogP contribution >= 0.6 is 0 Å². The Bertz CT molecular complexity index is 737. The van der Waals surface area contributed by atoms with Crippen molar-refractivity contribution in [2.45, 2.75) is 19.3 Å². The van der Waals surface area contributed by atoms with Crippen molar-refractivity contribution in [3.05, 3.63) is 29.6 Å². The van der Waals surface area contributed by atoms with E-state index < -0.39 is 0 Å². The molecule has 22 heavy (non-hydrogen) atoms. The van der Waals surface area contributed by atoms with Crippen LogP contribution in [0.15, 0.2) is 23.4 Å². The predicted octanol–water partition coefficient (Wildman–Crippen LogP) is 2.32. The first-order valence-corrected chi connectivity index (χ1v) is 6.94. The van der Waals surface area contributed by atoms with E-state index in [0.29, 0.717) is 52.8 Å². The number of nitrogens with zero attached hydrogens (tertiary/aromatic N) is 3. The summed E-state index contributed by atoms with van der Waals surface area (Å²) in [7, 11) is 3.11. The summed E-state index contributed by atoms with van der Waals surface area (Å²) in [6, 6.07) is 5.29. The average molecular weight is 303 g/mol. The summed E-state index contributed by atoms with van der Waals surface area (Å²) in [5.41, 5.74) is 2.38. The lowest BCUT2D eigenvalue weighted by atomic mass is 9.99. The quantitative estimate of drug-likeness (QED) is 0.516. The molecule has 0 unspecified atom stereocenters. The number of rotatable bonds is 3. The Balaban J connectivity index is 2.12. The van der Waals surface area contributed by atoms with Gasteiger partial charge in [0.1, 0.15) is 11.4 Å². The lowest BCUT2D eigenvalue weighted by molar-refractivity contribution is 0.180. The second-order valence-electron chi connectivity index (χ2n) is 5.01.